The van der Waals surface area contributed by atoms with Crippen LogP contribution < -0.4 is 5.32 Å². The number of hydrogen-bond donors (Lipinski definition) is 3. The van der Waals surface area contributed by atoms with Crippen LogP contribution in [0.25, 0.3) is 0 Å². The number of carbonyl (C=O) groups excluding carboxylic acids is 2. The van der Waals surface area contributed by atoms with Gasteiger partial charge in [0.25, 0.3) is 5.91 Å². The van der Waals surface area contributed by atoms with E-state index < -0.39 is 0 Å². The van der Waals surface area contributed by atoms with Crippen molar-refractivity contribution < 1.29 is 9.59 Å². The lowest BCUT2D eigenvalue weighted by Crippen LogP contribution is -2.23. The first kappa shape index (κ1) is 11.1. The number of rotatable bonds is 4. The van der Waals surface area contributed by atoms with Crippen molar-refractivity contribution in [3.8, 4) is 0 Å². The number of aromatic nitrogens is 4. The molecular formula is C10H11N5O2. The molecule has 0 radical (unpaired) electrons. The smallest absolute Gasteiger partial charge is 0.268 e. The van der Waals surface area contributed by atoms with Gasteiger partial charge in [-0.05, 0) is 13.0 Å². The highest BCUT2D eigenvalue weighted by atomic mass is 16.2. The van der Waals surface area contributed by atoms with E-state index >= 15 is 0 Å². The molecule has 1 amide bonds. The third kappa shape index (κ3) is 2.57. The molecule has 88 valence electrons. The van der Waals surface area contributed by atoms with E-state index in [1.807, 2.05) is 0 Å². The predicted octanol–water partition coefficient (Wildman–Crippen LogP) is 0.265. The molecule has 0 spiro atoms. The standard InChI is InChI=1S/C10H11N5O2/c1-6(16)7-2-8(11-3-7)10(17)12-4-9-13-5-14-15-9/h2-3,5,11H,4H2,1H3,(H,12,17)(H,13,14,15). The number of Topliss-reactive ketones (excluding diaryl/α,β-unsaturated/α-hetero) is 1. The first-order chi connectivity index (χ1) is 8.16. The Morgan fingerprint density at radius 3 is 2.88 bits per heavy atom. The lowest BCUT2D eigenvalue weighted by molar-refractivity contribution is 0.0945. The normalized spacial score (nSPS) is 10.2. The second-order valence-electron chi connectivity index (χ2n) is 3.47. The number of nitrogens with one attached hydrogen (secondary N) is 3. The first-order valence-corrected chi connectivity index (χ1v) is 4.98. The quantitative estimate of drug-likeness (QED) is 0.659. The number of hydrogen-bond acceptors (Lipinski definition) is 4. The molecule has 0 aliphatic heterocycles. The molecule has 17 heavy (non-hydrogen) atoms. The summed E-state index contributed by atoms with van der Waals surface area (Å²) in [5.74, 6) is 0.182. The number of ketones is 1. The summed E-state index contributed by atoms with van der Waals surface area (Å²) in [4.78, 5) is 29.3. The number of H-pyrrole nitrogens is 2. The second kappa shape index (κ2) is 4.60. The Morgan fingerprint density at radius 2 is 2.29 bits per heavy atom. The summed E-state index contributed by atoms with van der Waals surface area (Å²) in [5.41, 5.74) is 0.824. The first-order valence-electron chi connectivity index (χ1n) is 4.98. The molecule has 0 saturated carbocycles. The van der Waals surface area contributed by atoms with Crippen LogP contribution in [0.1, 0.15) is 33.6 Å². The Balaban J connectivity index is 1.97. The monoisotopic (exact) mass is 233 g/mol. The van der Waals surface area contributed by atoms with Crippen molar-refractivity contribution in [3.05, 3.63) is 35.7 Å². The van der Waals surface area contributed by atoms with Crippen LogP contribution in [0.15, 0.2) is 18.6 Å². The van der Waals surface area contributed by atoms with E-state index in [-0.39, 0.29) is 18.2 Å². The van der Waals surface area contributed by atoms with Crippen LogP contribution in [0.2, 0.25) is 0 Å². The van der Waals surface area contributed by atoms with Gasteiger partial charge >= 0.3 is 0 Å². The molecule has 0 atom stereocenters. The van der Waals surface area contributed by atoms with Crippen LogP contribution in [0.4, 0.5) is 0 Å². The van der Waals surface area contributed by atoms with Crippen molar-refractivity contribution in [1.29, 1.82) is 0 Å². The minimum atomic E-state index is -0.297. The van der Waals surface area contributed by atoms with Crippen molar-refractivity contribution in [2.75, 3.05) is 0 Å². The van der Waals surface area contributed by atoms with Crippen molar-refractivity contribution >= 4 is 11.7 Å². The van der Waals surface area contributed by atoms with Crippen molar-refractivity contribution in [2.24, 2.45) is 0 Å². The maximum Gasteiger partial charge on any atom is 0.268 e. The van der Waals surface area contributed by atoms with E-state index in [9.17, 15) is 9.59 Å². The van der Waals surface area contributed by atoms with Crippen molar-refractivity contribution in [1.82, 2.24) is 25.5 Å². The summed E-state index contributed by atoms with van der Waals surface area (Å²) in [7, 11) is 0. The zero-order chi connectivity index (χ0) is 12.3. The largest absolute Gasteiger partial charge is 0.356 e. The van der Waals surface area contributed by atoms with Crippen molar-refractivity contribution in [3.63, 3.8) is 0 Å². The minimum absolute atomic E-state index is 0.0875. The van der Waals surface area contributed by atoms with Gasteiger partial charge in [-0.2, -0.15) is 5.10 Å². The van der Waals surface area contributed by atoms with Gasteiger partial charge in [0.1, 0.15) is 17.8 Å². The van der Waals surface area contributed by atoms with E-state index in [0.29, 0.717) is 17.1 Å². The van der Waals surface area contributed by atoms with Gasteiger partial charge in [0.15, 0.2) is 5.78 Å². The van der Waals surface area contributed by atoms with E-state index in [0.717, 1.165) is 0 Å². The molecule has 2 aromatic heterocycles. The van der Waals surface area contributed by atoms with Gasteiger partial charge < -0.3 is 10.3 Å². The molecule has 0 aliphatic rings. The lowest BCUT2D eigenvalue weighted by Gasteiger charge is -1.99. The zero-order valence-corrected chi connectivity index (χ0v) is 9.15. The topological polar surface area (TPSA) is 104 Å². The maximum absolute atomic E-state index is 11.7. The van der Waals surface area contributed by atoms with Gasteiger partial charge in [-0.3, -0.25) is 14.7 Å². The molecular weight excluding hydrogens is 222 g/mol. The lowest BCUT2D eigenvalue weighted by atomic mass is 10.2. The number of nitrogens with zero attached hydrogens (tertiary/aromatic N) is 2. The van der Waals surface area contributed by atoms with E-state index in [1.54, 1.807) is 0 Å². The summed E-state index contributed by atoms with van der Waals surface area (Å²) < 4.78 is 0. The average Bonchev–Trinajstić information content (AvgIpc) is 2.96. The van der Waals surface area contributed by atoms with Crippen LogP contribution in [0, 0.1) is 0 Å². The predicted molar refractivity (Wildman–Crippen MR) is 58.4 cm³/mol. The summed E-state index contributed by atoms with van der Waals surface area (Å²) in [6, 6.07) is 1.51. The molecule has 2 heterocycles. The van der Waals surface area contributed by atoms with E-state index in [1.165, 1.54) is 25.5 Å². The van der Waals surface area contributed by atoms with Gasteiger partial charge in [0, 0.05) is 11.8 Å². The highest BCUT2D eigenvalue weighted by molar-refractivity contribution is 5.98. The molecule has 0 aromatic carbocycles. The number of aromatic amines is 2. The summed E-state index contributed by atoms with van der Waals surface area (Å²) in [6.45, 7) is 1.70. The Morgan fingerprint density at radius 1 is 1.47 bits per heavy atom. The summed E-state index contributed by atoms with van der Waals surface area (Å²) >= 11 is 0. The average molecular weight is 233 g/mol. The molecule has 0 fully saturated rings. The minimum Gasteiger partial charge on any atom is -0.356 e. The number of amides is 1. The molecule has 0 aliphatic carbocycles. The van der Waals surface area contributed by atoms with E-state index in [4.69, 9.17) is 0 Å². The summed E-state index contributed by atoms with van der Waals surface area (Å²) in [5, 5.41) is 8.93. The van der Waals surface area contributed by atoms with Crippen LogP contribution >= 0.6 is 0 Å². The highest BCUT2D eigenvalue weighted by Crippen LogP contribution is 2.04. The van der Waals surface area contributed by atoms with Gasteiger partial charge in [-0.25, -0.2) is 4.98 Å². The molecule has 2 rings (SSSR count). The molecule has 0 unspecified atom stereocenters. The van der Waals surface area contributed by atoms with Crippen LogP contribution in [-0.2, 0) is 6.54 Å². The Kier molecular flexibility index (Phi) is 2.99. The van der Waals surface area contributed by atoms with Gasteiger partial charge in [0.2, 0.25) is 0 Å². The van der Waals surface area contributed by atoms with Crippen LogP contribution in [-0.4, -0.2) is 31.9 Å². The fourth-order valence-electron chi connectivity index (χ4n) is 1.30. The third-order valence-electron chi connectivity index (χ3n) is 2.22. The molecule has 0 bridgehead atoms. The van der Waals surface area contributed by atoms with Gasteiger partial charge in [-0.15, -0.1) is 0 Å². The molecule has 7 nitrogen and oxygen atoms in total. The molecule has 0 saturated heterocycles. The Hall–Kier alpha value is -2.44. The Labute approximate surface area is 96.6 Å². The van der Waals surface area contributed by atoms with Gasteiger partial charge in [-0.1, -0.05) is 0 Å². The second-order valence-corrected chi connectivity index (χ2v) is 3.47. The fourth-order valence-corrected chi connectivity index (χ4v) is 1.30. The fraction of sp³-hybridized carbons (Fsp3) is 0.200. The van der Waals surface area contributed by atoms with E-state index in [2.05, 4.69) is 25.5 Å². The van der Waals surface area contributed by atoms with Crippen LogP contribution in [0.3, 0.4) is 0 Å². The zero-order valence-electron chi connectivity index (χ0n) is 9.15. The van der Waals surface area contributed by atoms with Crippen LogP contribution in [0.5, 0.6) is 0 Å². The molecule has 3 N–H and O–H groups in total. The SMILES string of the molecule is CC(=O)c1c[nH]c(C(=O)NCc2ncn[nH]2)c1. The summed E-state index contributed by atoms with van der Waals surface area (Å²) in [6.07, 6.45) is 2.87. The maximum atomic E-state index is 11.7. The number of carbonyl (C=O) groups is 2. The Bertz CT molecular complexity index is 529. The van der Waals surface area contributed by atoms with Crippen molar-refractivity contribution in [2.45, 2.75) is 13.5 Å². The highest BCUT2D eigenvalue weighted by Gasteiger charge is 2.10. The third-order valence-corrected chi connectivity index (χ3v) is 2.22. The van der Waals surface area contributed by atoms with Gasteiger partial charge in [0.05, 0.1) is 6.54 Å². The molecule has 7 heteroatoms. The molecule has 2 aromatic rings.